The van der Waals surface area contributed by atoms with Crippen molar-refractivity contribution >= 4 is 34.1 Å². The highest BCUT2D eigenvalue weighted by molar-refractivity contribution is 7.17. The Labute approximate surface area is 150 Å². The number of nitrogens with zero attached hydrogens (tertiary/aromatic N) is 2. The minimum atomic E-state index is -0.389. The number of nitrogens with one attached hydrogen (secondary N) is 1. The second-order valence-corrected chi connectivity index (χ2v) is 7.40. The molecule has 1 aliphatic heterocycles. The Morgan fingerprint density at radius 1 is 1.36 bits per heavy atom. The lowest BCUT2D eigenvalue weighted by molar-refractivity contribution is -0.118. The second kappa shape index (κ2) is 7.95. The van der Waals surface area contributed by atoms with E-state index >= 15 is 0 Å². The van der Waals surface area contributed by atoms with Crippen molar-refractivity contribution < 1.29 is 19.2 Å². The van der Waals surface area contributed by atoms with Crippen LogP contribution in [0.4, 0.5) is 5.13 Å². The summed E-state index contributed by atoms with van der Waals surface area (Å²) in [6.45, 7) is 2.01. The molecular weight excluding hydrogens is 342 g/mol. The Bertz CT molecular complexity index is 679. The highest BCUT2D eigenvalue weighted by Gasteiger charge is 2.29. The van der Waals surface area contributed by atoms with Crippen molar-refractivity contribution in [3.8, 4) is 0 Å². The third-order valence-corrected chi connectivity index (χ3v) is 5.59. The van der Waals surface area contributed by atoms with Gasteiger partial charge in [0.1, 0.15) is 11.0 Å². The first-order chi connectivity index (χ1) is 12.1. The van der Waals surface area contributed by atoms with Crippen LogP contribution in [-0.2, 0) is 14.4 Å². The van der Waals surface area contributed by atoms with E-state index in [9.17, 15) is 9.59 Å². The van der Waals surface area contributed by atoms with Crippen molar-refractivity contribution in [1.29, 1.82) is 0 Å². The Balaban J connectivity index is 1.65. The van der Waals surface area contributed by atoms with Crippen LogP contribution in [-0.4, -0.2) is 35.8 Å². The normalized spacial score (nSPS) is 20.2. The number of carbonyl (C=O) groups excluding carboxylic acids is 2. The average molecular weight is 365 g/mol. The van der Waals surface area contributed by atoms with Crippen LogP contribution in [0, 0.1) is 0 Å². The van der Waals surface area contributed by atoms with Gasteiger partial charge in [-0.15, -0.1) is 0 Å². The van der Waals surface area contributed by atoms with Gasteiger partial charge in [0.2, 0.25) is 5.91 Å². The highest BCUT2D eigenvalue weighted by atomic mass is 32.1. The van der Waals surface area contributed by atoms with Gasteiger partial charge in [0.05, 0.1) is 24.9 Å². The molecule has 2 aliphatic rings. The van der Waals surface area contributed by atoms with E-state index in [0.29, 0.717) is 16.4 Å². The molecule has 1 N–H and O–H groups in total. The second-order valence-electron chi connectivity index (χ2n) is 6.40. The Hall–Kier alpha value is -1.96. The molecule has 2 heterocycles. The molecule has 1 aromatic rings. The molecule has 0 saturated heterocycles. The van der Waals surface area contributed by atoms with Gasteiger partial charge in [-0.25, -0.2) is 9.78 Å². The zero-order valence-electron chi connectivity index (χ0n) is 14.5. The standard InChI is InChI=1S/C17H23N3O4S/c1-3-11-8-12(24-20-11)9-13(21)18-17-19-14(10-6-4-5-7-10)15(25-17)16(22)23-2/h10,12H,3-9H2,1-2H3,(H,18,19,21). The third-order valence-electron chi connectivity index (χ3n) is 4.63. The van der Waals surface area contributed by atoms with E-state index < -0.39 is 0 Å². The molecule has 0 bridgehead atoms. The number of rotatable bonds is 6. The summed E-state index contributed by atoms with van der Waals surface area (Å²) in [5, 5.41) is 7.20. The molecule has 0 spiro atoms. The molecule has 1 saturated carbocycles. The Morgan fingerprint density at radius 3 is 2.76 bits per heavy atom. The maximum Gasteiger partial charge on any atom is 0.350 e. The number of esters is 1. The van der Waals surface area contributed by atoms with Crippen molar-refractivity contribution in [2.24, 2.45) is 5.16 Å². The molecule has 1 aliphatic carbocycles. The SMILES string of the molecule is CCC1=NOC(CC(=O)Nc2nc(C3CCCC3)c(C(=O)OC)s2)C1. The maximum absolute atomic E-state index is 12.3. The predicted molar refractivity (Wildman–Crippen MR) is 95.1 cm³/mol. The van der Waals surface area contributed by atoms with Gasteiger partial charge in [0.15, 0.2) is 5.13 Å². The third kappa shape index (κ3) is 4.18. The van der Waals surface area contributed by atoms with Gasteiger partial charge in [-0.1, -0.05) is 36.3 Å². The van der Waals surface area contributed by atoms with E-state index in [4.69, 9.17) is 9.57 Å². The van der Waals surface area contributed by atoms with Crippen molar-refractivity contribution in [2.45, 2.75) is 63.9 Å². The van der Waals surface area contributed by atoms with Crippen molar-refractivity contribution in [1.82, 2.24) is 4.98 Å². The maximum atomic E-state index is 12.3. The summed E-state index contributed by atoms with van der Waals surface area (Å²) >= 11 is 1.18. The number of amides is 1. The molecule has 25 heavy (non-hydrogen) atoms. The summed E-state index contributed by atoms with van der Waals surface area (Å²) in [6, 6.07) is 0. The molecule has 8 heteroatoms. The van der Waals surface area contributed by atoms with Gasteiger partial charge in [-0.3, -0.25) is 4.79 Å². The number of hydrogen-bond acceptors (Lipinski definition) is 7. The van der Waals surface area contributed by atoms with E-state index in [2.05, 4.69) is 15.5 Å². The summed E-state index contributed by atoms with van der Waals surface area (Å²) in [4.78, 5) is 34.6. The lowest BCUT2D eigenvalue weighted by Gasteiger charge is -2.07. The largest absolute Gasteiger partial charge is 0.465 e. The fourth-order valence-electron chi connectivity index (χ4n) is 3.28. The van der Waals surface area contributed by atoms with Gasteiger partial charge in [0, 0.05) is 12.3 Å². The van der Waals surface area contributed by atoms with E-state index in [1.807, 2.05) is 6.92 Å². The predicted octanol–water partition coefficient (Wildman–Crippen LogP) is 3.47. The number of oxime groups is 1. The lowest BCUT2D eigenvalue weighted by Crippen LogP contribution is -2.20. The van der Waals surface area contributed by atoms with Crippen molar-refractivity contribution in [2.75, 3.05) is 12.4 Å². The van der Waals surface area contributed by atoms with E-state index in [1.165, 1.54) is 18.4 Å². The molecule has 1 unspecified atom stereocenters. The Kier molecular flexibility index (Phi) is 5.67. The van der Waals surface area contributed by atoms with E-state index in [1.54, 1.807) is 0 Å². The summed E-state index contributed by atoms with van der Waals surface area (Å²) in [5.41, 5.74) is 1.74. The summed E-state index contributed by atoms with van der Waals surface area (Å²) in [7, 11) is 1.36. The summed E-state index contributed by atoms with van der Waals surface area (Å²) in [5.74, 6) is -0.296. The van der Waals surface area contributed by atoms with E-state index in [0.717, 1.165) is 43.5 Å². The van der Waals surface area contributed by atoms with Crippen LogP contribution in [0.2, 0.25) is 0 Å². The monoisotopic (exact) mass is 365 g/mol. The van der Waals surface area contributed by atoms with Crippen LogP contribution in [0.5, 0.6) is 0 Å². The van der Waals surface area contributed by atoms with Crippen LogP contribution in [0.15, 0.2) is 5.16 Å². The number of carbonyl (C=O) groups is 2. The zero-order chi connectivity index (χ0) is 17.8. The van der Waals surface area contributed by atoms with Gasteiger partial charge in [0.25, 0.3) is 0 Å². The molecule has 0 radical (unpaired) electrons. The lowest BCUT2D eigenvalue weighted by atomic mass is 10.0. The van der Waals surface area contributed by atoms with Crippen molar-refractivity contribution in [3.05, 3.63) is 10.6 Å². The number of anilines is 1. The number of methoxy groups -OCH3 is 1. The van der Waals surface area contributed by atoms with Crippen molar-refractivity contribution in [3.63, 3.8) is 0 Å². The smallest absolute Gasteiger partial charge is 0.350 e. The molecule has 1 fully saturated rings. The van der Waals surface area contributed by atoms with Crippen LogP contribution in [0.3, 0.4) is 0 Å². The van der Waals surface area contributed by atoms with Crippen LogP contribution < -0.4 is 5.32 Å². The number of thiazole rings is 1. The molecule has 136 valence electrons. The van der Waals surface area contributed by atoms with E-state index in [-0.39, 0.29) is 30.3 Å². The molecule has 1 amide bonds. The summed E-state index contributed by atoms with van der Waals surface area (Å²) < 4.78 is 4.87. The topological polar surface area (TPSA) is 89.9 Å². The van der Waals surface area contributed by atoms with Gasteiger partial charge < -0.3 is 14.9 Å². The van der Waals surface area contributed by atoms with Crippen LogP contribution in [0.25, 0.3) is 0 Å². The van der Waals surface area contributed by atoms with Gasteiger partial charge in [-0.2, -0.15) is 0 Å². The minimum absolute atomic E-state index is 0.180. The number of aromatic nitrogens is 1. The molecule has 1 aromatic heterocycles. The first kappa shape index (κ1) is 17.8. The fraction of sp³-hybridized carbons (Fsp3) is 0.647. The Morgan fingerprint density at radius 2 is 2.12 bits per heavy atom. The van der Waals surface area contributed by atoms with Crippen LogP contribution in [0.1, 0.15) is 73.2 Å². The molecule has 7 nitrogen and oxygen atoms in total. The highest BCUT2D eigenvalue weighted by Crippen LogP contribution is 2.38. The molecule has 0 aromatic carbocycles. The molecular formula is C17H23N3O4S. The summed E-state index contributed by atoms with van der Waals surface area (Å²) in [6.07, 6.45) is 5.85. The number of hydrogen-bond donors (Lipinski definition) is 1. The zero-order valence-corrected chi connectivity index (χ0v) is 15.4. The molecule has 1 atom stereocenters. The minimum Gasteiger partial charge on any atom is -0.465 e. The quantitative estimate of drug-likeness (QED) is 0.780. The first-order valence-corrected chi connectivity index (χ1v) is 9.52. The molecule has 3 rings (SSSR count). The van der Waals surface area contributed by atoms with Gasteiger partial charge >= 0.3 is 5.97 Å². The van der Waals surface area contributed by atoms with Gasteiger partial charge in [-0.05, 0) is 19.3 Å². The first-order valence-electron chi connectivity index (χ1n) is 8.71. The fourth-order valence-corrected chi connectivity index (χ4v) is 4.27. The van der Waals surface area contributed by atoms with Crippen LogP contribution >= 0.6 is 11.3 Å². The number of ether oxygens (including phenoxy) is 1. The average Bonchev–Trinajstić information content (AvgIpc) is 3.33.